The molecular weight excluding hydrogens is 229 g/mol. The molecule has 1 fully saturated rings. The van der Waals surface area contributed by atoms with Gasteiger partial charge in [0.15, 0.2) is 5.82 Å². The summed E-state index contributed by atoms with van der Waals surface area (Å²) in [4.78, 5) is 7.73. The van der Waals surface area contributed by atoms with Crippen molar-refractivity contribution >= 4 is 17.5 Å². The van der Waals surface area contributed by atoms with Crippen LogP contribution < -0.4 is 5.32 Å². The van der Waals surface area contributed by atoms with Gasteiger partial charge in [0.25, 0.3) is 0 Å². The summed E-state index contributed by atoms with van der Waals surface area (Å²) in [7, 11) is 0. The van der Waals surface area contributed by atoms with Gasteiger partial charge >= 0.3 is 0 Å². The topological polar surface area (TPSA) is 37.8 Å². The minimum atomic E-state index is -0.418. The van der Waals surface area contributed by atoms with Crippen LogP contribution in [-0.4, -0.2) is 22.4 Å². The lowest BCUT2D eigenvalue weighted by molar-refractivity contribution is 0.367. The molecule has 2 rings (SSSR count). The van der Waals surface area contributed by atoms with Gasteiger partial charge in [0.05, 0.1) is 12.4 Å². The molecule has 0 aromatic carbocycles. The van der Waals surface area contributed by atoms with Crippen molar-refractivity contribution < 1.29 is 4.39 Å². The highest BCUT2D eigenvalue weighted by Gasteiger charge is 2.32. The van der Waals surface area contributed by atoms with Gasteiger partial charge in [0.2, 0.25) is 5.95 Å². The molecule has 3 nitrogen and oxygen atoms in total. The predicted molar refractivity (Wildman–Crippen MR) is 62.1 cm³/mol. The Morgan fingerprint density at radius 3 is 2.50 bits per heavy atom. The molecule has 0 unspecified atom stereocenters. The Morgan fingerprint density at radius 2 is 1.94 bits per heavy atom. The molecule has 1 heterocycles. The molecule has 1 aliphatic carbocycles. The normalized spacial score (nSPS) is 18.6. The number of nitrogens with zero attached hydrogens (tertiary/aromatic N) is 2. The van der Waals surface area contributed by atoms with Gasteiger partial charge in [-0.3, -0.25) is 0 Å². The van der Waals surface area contributed by atoms with Crippen molar-refractivity contribution in [1.29, 1.82) is 0 Å². The summed E-state index contributed by atoms with van der Waals surface area (Å²) in [5, 5.41) is 3.13. The van der Waals surface area contributed by atoms with E-state index in [2.05, 4.69) is 15.3 Å². The second-order valence-electron chi connectivity index (χ2n) is 4.42. The van der Waals surface area contributed by atoms with Crippen LogP contribution in [0.1, 0.15) is 25.7 Å². The predicted octanol–water partition coefficient (Wildman–Crippen LogP) is 2.83. The van der Waals surface area contributed by atoms with Crippen LogP contribution in [0.15, 0.2) is 12.4 Å². The molecular formula is C11H15ClFN3. The Labute approximate surface area is 99.4 Å². The summed E-state index contributed by atoms with van der Waals surface area (Å²) >= 11 is 6.02. The maximum absolute atomic E-state index is 12.6. The van der Waals surface area contributed by atoms with E-state index < -0.39 is 5.82 Å². The van der Waals surface area contributed by atoms with Crippen molar-refractivity contribution in [2.75, 3.05) is 17.7 Å². The van der Waals surface area contributed by atoms with E-state index in [9.17, 15) is 4.39 Å². The summed E-state index contributed by atoms with van der Waals surface area (Å²) in [6.07, 6.45) is 7.08. The molecule has 1 aromatic heterocycles. The lowest BCUT2D eigenvalue weighted by Crippen LogP contribution is -2.29. The van der Waals surface area contributed by atoms with Gasteiger partial charge in [0.1, 0.15) is 0 Å². The monoisotopic (exact) mass is 243 g/mol. The minimum Gasteiger partial charge on any atom is -0.354 e. The first-order chi connectivity index (χ1) is 7.74. The minimum absolute atomic E-state index is 0.166. The lowest BCUT2D eigenvalue weighted by atomic mass is 9.89. The number of anilines is 1. The zero-order valence-corrected chi connectivity index (χ0v) is 9.80. The average molecular weight is 244 g/mol. The van der Waals surface area contributed by atoms with Gasteiger partial charge < -0.3 is 5.32 Å². The first-order valence-electron chi connectivity index (χ1n) is 5.51. The Kier molecular flexibility index (Phi) is 3.59. The molecule has 1 N–H and O–H groups in total. The number of rotatable bonds is 4. The fourth-order valence-electron chi connectivity index (χ4n) is 2.15. The second-order valence-corrected chi connectivity index (χ2v) is 4.69. The van der Waals surface area contributed by atoms with E-state index in [1.54, 1.807) is 0 Å². The summed E-state index contributed by atoms with van der Waals surface area (Å²) < 4.78 is 12.6. The maximum Gasteiger partial charge on any atom is 0.222 e. The smallest absolute Gasteiger partial charge is 0.222 e. The van der Waals surface area contributed by atoms with E-state index in [1.165, 1.54) is 12.8 Å². The quantitative estimate of drug-likeness (QED) is 0.827. The SMILES string of the molecule is Fc1cnc(NCC2(CCl)CCCC2)nc1. The molecule has 1 aromatic rings. The third kappa shape index (κ3) is 2.61. The summed E-state index contributed by atoms with van der Waals surface area (Å²) in [5.41, 5.74) is 0.166. The standard InChI is InChI=1S/C11H15ClFN3/c12-7-11(3-1-2-4-11)8-16-10-14-5-9(13)6-15-10/h5-6H,1-4,7-8H2,(H,14,15,16). The summed E-state index contributed by atoms with van der Waals surface area (Å²) in [5.74, 6) is 0.706. The first kappa shape index (κ1) is 11.6. The fraction of sp³-hybridized carbons (Fsp3) is 0.636. The van der Waals surface area contributed by atoms with E-state index in [4.69, 9.17) is 11.6 Å². The van der Waals surface area contributed by atoms with Crippen molar-refractivity contribution in [3.05, 3.63) is 18.2 Å². The zero-order chi connectivity index (χ0) is 11.4. The molecule has 0 spiro atoms. The molecule has 5 heteroatoms. The molecule has 1 aliphatic rings. The fourth-order valence-corrected chi connectivity index (χ4v) is 2.51. The average Bonchev–Trinajstić information content (AvgIpc) is 2.78. The number of halogens is 2. The zero-order valence-electron chi connectivity index (χ0n) is 9.05. The van der Waals surface area contributed by atoms with Crippen molar-refractivity contribution in [2.24, 2.45) is 5.41 Å². The molecule has 0 bridgehead atoms. The highest BCUT2D eigenvalue weighted by Crippen LogP contribution is 2.38. The molecule has 88 valence electrons. The molecule has 0 saturated heterocycles. The largest absolute Gasteiger partial charge is 0.354 e. The van der Waals surface area contributed by atoms with Gasteiger partial charge in [-0.25, -0.2) is 14.4 Å². The number of nitrogens with one attached hydrogen (secondary N) is 1. The number of aromatic nitrogens is 2. The van der Waals surface area contributed by atoms with E-state index in [0.717, 1.165) is 31.8 Å². The van der Waals surface area contributed by atoms with Crippen LogP contribution in [0.4, 0.5) is 10.3 Å². The van der Waals surface area contributed by atoms with E-state index in [0.29, 0.717) is 11.8 Å². The van der Waals surface area contributed by atoms with Crippen LogP contribution in [0.25, 0.3) is 0 Å². The van der Waals surface area contributed by atoms with Crippen molar-refractivity contribution in [2.45, 2.75) is 25.7 Å². The van der Waals surface area contributed by atoms with Crippen LogP contribution in [0, 0.1) is 11.2 Å². The van der Waals surface area contributed by atoms with Crippen LogP contribution in [0.2, 0.25) is 0 Å². The highest BCUT2D eigenvalue weighted by molar-refractivity contribution is 6.18. The molecule has 0 radical (unpaired) electrons. The third-order valence-electron chi connectivity index (χ3n) is 3.19. The second kappa shape index (κ2) is 4.95. The van der Waals surface area contributed by atoms with Crippen molar-refractivity contribution in [3.8, 4) is 0 Å². The highest BCUT2D eigenvalue weighted by atomic mass is 35.5. The van der Waals surface area contributed by atoms with Gasteiger partial charge in [-0.15, -0.1) is 11.6 Å². The van der Waals surface area contributed by atoms with Gasteiger partial charge in [-0.2, -0.15) is 0 Å². The van der Waals surface area contributed by atoms with Gasteiger partial charge in [-0.05, 0) is 12.8 Å². The third-order valence-corrected chi connectivity index (χ3v) is 3.76. The number of hydrogen-bond donors (Lipinski definition) is 1. The molecule has 0 aliphatic heterocycles. The Bertz CT molecular complexity index is 336. The van der Waals surface area contributed by atoms with E-state index >= 15 is 0 Å². The van der Waals surface area contributed by atoms with E-state index in [1.807, 2.05) is 0 Å². The van der Waals surface area contributed by atoms with Crippen molar-refractivity contribution in [1.82, 2.24) is 9.97 Å². The van der Waals surface area contributed by atoms with Crippen LogP contribution in [0.3, 0.4) is 0 Å². The maximum atomic E-state index is 12.6. The van der Waals surface area contributed by atoms with Crippen molar-refractivity contribution in [3.63, 3.8) is 0 Å². The number of alkyl halides is 1. The van der Waals surface area contributed by atoms with Crippen LogP contribution in [0.5, 0.6) is 0 Å². The lowest BCUT2D eigenvalue weighted by Gasteiger charge is -2.26. The Morgan fingerprint density at radius 1 is 1.31 bits per heavy atom. The Balaban J connectivity index is 1.93. The molecule has 0 amide bonds. The summed E-state index contributed by atoms with van der Waals surface area (Å²) in [6.45, 7) is 0.766. The Hall–Kier alpha value is -0.900. The van der Waals surface area contributed by atoms with Gasteiger partial charge in [-0.1, -0.05) is 12.8 Å². The molecule has 16 heavy (non-hydrogen) atoms. The molecule has 1 saturated carbocycles. The first-order valence-corrected chi connectivity index (χ1v) is 6.05. The summed E-state index contributed by atoms with van der Waals surface area (Å²) in [6, 6.07) is 0. The van der Waals surface area contributed by atoms with Crippen LogP contribution >= 0.6 is 11.6 Å². The van der Waals surface area contributed by atoms with E-state index in [-0.39, 0.29) is 5.41 Å². The molecule has 0 atom stereocenters. The van der Waals surface area contributed by atoms with Crippen LogP contribution in [-0.2, 0) is 0 Å². The van der Waals surface area contributed by atoms with Gasteiger partial charge in [0, 0.05) is 17.8 Å². The number of hydrogen-bond acceptors (Lipinski definition) is 3.